The van der Waals surface area contributed by atoms with Gasteiger partial charge in [0.05, 0.1) is 5.52 Å². The summed E-state index contributed by atoms with van der Waals surface area (Å²) in [6.07, 6.45) is 1.85. The van der Waals surface area contributed by atoms with E-state index in [1.165, 1.54) is 21.7 Å². The first-order valence-electron chi connectivity index (χ1n) is 6.19. The van der Waals surface area contributed by atoms with Crippen LogP contribution in [0.3, 0.4) is 0 Å². The van der Waals surface area contributed by atoms with Crippen molar-refractivity contribution < 1.29 is 10.0 Å². The van der Waals surface area contributed by atoms with Gasteiger partial charge in [0.1, 0.15) is 0 Å². The Kier molecular flexibility index (Phi) is 3.37. The molecule has 0 bridgehead atoms. The molecule has 20 heavy (non-hydrogen) atoms. The van der Waals surface area contributed by atoms with Crippen molar-refractivity contribution >= 4 is 40.4 Å². The molecule has 4 nitrogen and oxygen atoms in total. The van der Waals surface area contributed by atoms with Gasteiger partial charge in [0, 0.05) is 33.4 Å². The predicted molar refractivity (Wildman–Crippen MR) is 81.3 cm³/mol. The molecule has 2 aromatic heterocycles. The van der Waals surface area contributed by atoms with Gasteiger partial charge in [0.15, 0.2) is 0 Å². The lowest BCUT2D eigenvalue weighted by molar-refractivity contribution is 0.448. The molecule has 0 aliphatic rings. The molecule has 0 aliphatic carbocycles. The second-order valence-electron chi connectivity index (χ2n) is 4.35. The molecule has 0 fully saturated rings. The Morgan fingerprint density at radius 2 is 1.70 bits per heavy atom. The summed E-state index contributed by atoms with van der Waals surface area (Å²) in [4.78, 5) is 7.94. The van der Waals surface area contributed by atoms with E-state index in [1.807, 2.05) is 18.3 Å². The van der Waals surface area contributed by atoms with Crippen molar-refractivity contribution in [2.75, 3.05) is 0 Å². The maximum Gasteiger partial charge on any atom is 0.482 e. The lowest BCUT2D eigenvalue weighted by atomic mass is 10.1. The highest BCUT2D eigenvalue weighted by Crippen LogP contribution is 2.30. The average Bonchev–Trinajstić information content (AvgIpc) is 2.87. The summed E-state index contributed by atoms with van der Waals surface area (Å²) in [6.45, 7) is 0. The molecular formula is C15H12BN2O2. The van der Waals surface area contributed by atoms with Gasteiger partial charge in [0.25, 0.3) is 0 Å². The van der Waals surface area contributed by atoms with Gasteiger partial charge in [-0.05, 0) is 18.2 Å². The third kappa shape index (κ3) is 2.03. The Morgan fingerprint density at radius 3 is 2.55 bits per heavy atom. The van der Waals surface area contributed by atoms with Crippen molar-refractivity contribution in [3.8, 4) is 0 Å². The molecule has 3 N–H and O–H groups in total. The summed E-state index contributed by atoms with van der Waals surface area (Å²) in [6, 6.07) is 16.7. The van der Waals surface area contributed by atoms with Crippen LogP contribution in [0.25, 0.3) is 32.7 Å². The first kappa shape index (κ1) is 12.7. The van der Waals surface area contributed by atoms with Crippen molar-refractivity contribution in [1.29, 1.82) is 0 Å². The normalized spacial score (nSPS) is 10.5. The molecule has 5 heteroatoms. The Balaban J connectivity index is 0.000000373. The number of H-pyrrole nitrogens is 1. The summed E-state index contributed by atoms with van der Waals surface area (Å²) in [7, 11) is 0. The van der Waals surface area contributed by atoms with Crippen LogP contribution in [0.5, 0.6) is 0 Å². The molecular weight excluding hydrogens is 251 g/mol. The van der Waals surface area contributed by atoms with Crippen molar-refractivity contribution in [2.24, 2.45) is 0 Å². The minimum absolute atomic E-state index is 0. The Morgan fingerprint density at radius 1 is 0.900 bits per heavy atom. The van der Waals surface area contributed by atoms with Crippen LogP contribution in [0.4, 0.5) is 0 Å². The van der Waals surface area contributed by atoms with Crippen molar-refractivity contribution in [1.82, 2.24) is 9.97 Å². The van der Waals surface area contributed by atoms with Gasteiger partial charge in [-0.15, -0.1) is 0 Å². The van der Waals surface area contributed by atoms with E-state index in [1.54, 1.807) is 0 Å². The lowest BCUT2D eigenvalue weighted by Gasteiger charge is -1.98. The smallest absolute Gasteiger partial charge is 0.429 e. The third-order valence-corrected chi connectivity index (χ3v) is 3.24. The molecule has 0 unspecified atom stereocenters. The predicted octanol–water partition coefficient (Wildman–Crippen LogP) is 2.37. The van der Waals surface area contributed by atoms with E-state index in [2.05, 4.69) is 46.4 Å². The summed E-state index contributed by atoms with van der Waals surface area (Å²) in [5, 5.41) is 17.6. The molecule has 0 atom stereocenters. The molecule has 0 saturated carbocycles. The van der Waals surface area contributed by atoms with Gasteiger partial charge in [0.2, 0.25) is 0 Å². The maximum absolute atomic E-state index is 7.00. The van der Waals surface area contributed by atoms with Gasteiger partial charge in [-0.2, -0.15) is 0 Å². The fourth-order valence-corrected chi connectivity index (χ4v) is 2.48. The Hall–Kier alpha value is -2.37. The van der Waals surface area contributed by atoms with Crippen LogP contribution in [0.2, 0.25) is 0 Å². The summed E-state index contributed by atoms with van der Waals surface area (Å²) < 4.78 is 0. The van der Waals surface area contributed by atoms with Crippen LogP contribution in [0.1, 0.15) is 0 Å². The van der Waals surface area contributed by atoms with E-state index in [-0.39, 0.29) is 7.69 Å². The number of nitrogens with zero attached hydrogens (tertiary/aromatic N) is 1. The van der Waals surface area contributed by atoms with E-state index >= 15 is 0 Å². The molecule has 97 valence electrons. The number of hydrogen-bond donors (Lipinski definition) is 3. The quantitative estimate of drug-likeness (QED) is 0.426. The Bertz CT molecular complexity index is 867. The second kappa shape index (κ2) is 5.32. The van der Waals surface area contributed by atoms with Crippen LogP contribution < -0.4 is 0 Å². The van der Waals surface area contributed by atoms with Gasteiger partial charge in [-0.25, -0.2) is 0 Å². The molecule has 0 saturated heterocycles. The van der Waals surface area contributed by atoms with E-state index in [4.69, 9.17) is 10.0 Å². The minimum Gasteiger partial charge on any atom is -0.429 e. The SMILES string of the molecule is O[B]O.c1cnc2c(c1)ccc1[nH]c3ccccc3c12. The maximum atomic E-state index is 7.00. The molecule has 1 radical (unpaired) electrons. The zero-order valence-corrected chi connectivity index (χ0v) is 10.6. The number of nitrogens with one attached hydrogen (secondary N) is 1. The van der Waals surface area contributed by atoms with Crippen LogP contribution >= 0.6 is 0 Å². The summed E-state index contributed by atoms with van der Waals surface area (Å²) in [5.74, 6) is 0. The molecule has 4 rings (SSSR count). The molecule has 0 amide bonds. The highest BCUT2D eigenvalue weighted by Gasteiger charge is 2.07. The highest BCUT2D eigenvalue weighted by molar-refractivity contribution is 6.18. The fourth-order valence-electron chi connectivity index (χ4n) is 2.48. The first-order valence-corrected chi connectivity index (χ1v) is 6.19. The number of benzene rings is 2. The number of aromatic amines is 1. The lowest BCUT2D eigenvalue weighted by Crippen LogP contribution is -1.78. The molecule has 0 spiro atoms. The van der Waals surface area contributed by atoms with Gasteiger partial charge in [-0.1, -0.05) is 30.3 Å². The molecule has 0 aliphatic heterocycles. The summed E-state index contributed by atoms with van der Waals surface area (Å²) >= 11 is 0. The summed E-state index contributed by atoms with van der Waals surface area (Å²) in [5.41, 5.74) is 3.39. The zero-order chi connectivity index (χ0) is 13.9. The minimum atomic E-state index is 0. The largest absolute Gasteiger partial charge is 0.482 e. The van der Waals surface area contributed by atoms with Crippen molar-refractivity contribution in [2.45, 2.75) is 0 Å². The van der Waals surface area contributed by atoms with E-state index < -0.39 is 0 Å². The number of para-hydroxylation sites is 1. The van der Waals surface area contributed by atoms with Crippen LogP contribution in [0.15, 0.2) is 54.7 Å². The second-order valence-corrected chi connectivity index (χ2v) is 4.35. The van der Waals surface area contributed by atoms with Gasteiger partial charge in [-0.3, -0.25) is 4.98 Å². The number of fused-ring (bicyclic) bond motifs is 5. The number of pyridine rings is 1. The topological polar surface area (TPSA) is 69.1 Å². The van der Waals surface area contributed by atoms with Crippen LogP contribution in [-0.4, -0.2) is 27.7 Å². The van der Waals surface area contributed by atoms with E-state index in [9.17, 15) is 0 Å². The number of hydrogen-bond acceptors (Lipinski definition) is 3. The fraction of sp³-hybridized carbons (Fsp3) is 0. The van der Waals surface area contributed by atoms with Crippen molar-refractivity contribution in [3.63, 3.8) is 0 Å². The van der Waals surface area contributed by atoms with Gasteiger partial charge < -0.3 is 15.0 Å². The number of aromatic nitrogens is 2. The highest BCUT2D eigenvalue weighted by atomic mass is 16.4. The average molecular weight is 263 g/mol. The standard InChI is InChI=1S/C15H10N2.BH2O2/c1-2-6-12-11(5-1)14-13(17-12)8-7-10-4-3-9-16-15(10)14;2-1-3/h1-9,17H;2-3H. The van der Waals surface area contributed by atoms with E-state index in [0.29, 0.717) is 0 Å². The Labute approximate surface area is 116 Å². The monoisotopic (exact) mass is 263 g/mol. The van der Waals surface area contributed by atoms with Crippen LogP contribution in [0, 0.1) is 0 Å². The third-order valence-electron chi connectivity index (χ3n) is 3.24. The van der Waals surface area contributed by atoms with E-state index in [0.717, 1.165) is 11.0 Å². The van der Waals surface area contributed by atoms with Crippen molar-refractivity contribution in [3.05, 3.63) is 54.7 Å². The zero-order valence-electron chi connectivity index (χ0n) is 10.6. The first-order chi connectivity index (χ1) is 9.85. The van der Waals surface area contributed by atoms with Gasteiger partial charge >= 0.3 is 7.69 Å². The van der Waals surface area contributed by atoms with Crippen LogP contribution in [-0.2, 0) is 0 Å². The number of rotatable bonds is 0. The molecule has 2 heterocycles. The molecule has 4 aromatic rings. The molecule has 2 aromatic carbocycles.